The van der Waals surface area contributed by atoms with Gasteiger partial charge in [0.2, 0.25) is 0 Å². The van der Waals surface area contributed by atoms with Gasteiger partial charge >= 0.3 is 11.9 Å². The van der Waals surface area contributed by atoms with Crippen LogP contribution >= 0.6 is 11.9 Å². The quantitative estimate of drug-likeness (QED) is 0.635. The predicted molar refractivity (Wildman–Crippen MR) is 42.4 cm³/mol. The van der Waals surface area contributed by atoms with E-state index in [2.05, 4.69) is 9.03 Å². The summed E-state index contributed by atoms with van der Waals surface area (Å²) in [7, 11) is 1.26. The maximum atomic E-state index is 11.0. The Morgan fingerprint density at radius 1 is 1.42 bits per heavy atom. The summed E-state index contributed by atoms with van der Waals surface area (Å²) < 4.78 is 8.38. The second kappa shape index (κ2) is 4.30. The third-order valence-corrected chi connectivity index (χ3v) is 1.58. The number of esters is 1. The molecule has 0 rings (SSSR count). The zero-order chi connectivity index (χ0) is 9.78. The lowest BCUT2D eigenvalue weighted by molar-refractivity contribution is -0.155. The van der Waals surface area contributed by atoms with Crippen LogP contribution in [0, 0.1) is 5.41 Å². The molecule has 0 bridgehead atoms. The van der Waals surface area contributed by atoms with Crippen molar-refractivity contribution in [1.29, 1.82) is 0 Å². The van der Waals surface area contributed by atoms with Gasteiger partial charge in [-0.25, -0.2) is 0 Å². The van der Waals surface area contributed by atoms with Crippen molar-refractivity contribution < 1.29 is 18.6 Å². The molecule has 0 fully saturated rings. The zero-order valence-electron chi connectivity index (χ0n) is 7.22. The Bertz CT molecular complexity index is 188. The first-order valence-corrected chi connectivity index (χ1v) is 3.64. The minimum absolute atomic E-state index is 0.0941. The Balaban J connectivity index is 4.21. The number of halogens is 1. The molecular weight excluding hydrogens is 184 g/mol. The second-order valence-electron chi connectivity index (χ2n) is 3.00. The van der Waals surface area contributed by atoms with Crippen LogP contribution in [0.5, 0.6) is 0 Å². The third-order valence-electron chi connectivity index (χ3n) is 1.41. The number of ether oxygens (including phenoxy) is 1. The highest BCUT2D eigenvalue weighted by atomic mass is 35.5. The Labute approximate surface area is 76.0 Å². The molecule has 5 heteroatoms. The van der Waals surface area contributed by atoms with Gasteiger partial charge in [-0.3, -0.25) is 9.59 Å². The van der Waals surface area contributed by atoms with E-state index >= 15 is 0 Å². The van der Waals surface area contributed by atoms with Gasteiger partial charge in [-0.05, 0) is 13.8 Å². The number of carbonyl (C=O) groups excluding carboxylic acids is 2. The van der Waals surface area contributed by atoms with E-state index in [1.807, 2.05) is 0 Å². The topological polar surface area (TPSA) is 52.6 Å². The Morgan fingerprint density at radius 3 is 2.25 bits per heavy atom. The molecule has 0 unspecified atom stereocenters. The third kappa shape index (κ3) is 3.09. The molecule has 0 aliphatic heterocycles. The summed E-state index contributed by atoms with van der Waals surface area (Å²) in [5.41, 5.74) is -0.888. The van der Waals surface area contributed by atoms with Crippen molar-refractivity contribution in [2.75, 3.05) is 7.11 Å². The van der Waals surface area contributed by atoms with Crippen LogP contribution < -0.4 is 0 Å². The van der Waals surface area contributed by atoms with Crippen LogP contribution in [0.1, 0.15) is 20.3 Å². The monoisotopic (exact) mass is 194 g/mol. The molecule has 0 atom stereocenters. The fourth-order valence-electron chi connectivity index (χ4n) is 0.737. The minimum atomic E-state index is -0.888. The summed E-state index contributed by atoms with van der Waals surface area (Å²) in [5, 5.41) is 0. The number of carbonyl (C=O) groups is 2. The predicted octanol–water partition coefficient (Wildman–Crippen LogP) is 1.27. The summed E-state index contributed by atoms with van der Waals surface area (Å²) in [6, 6.07) is 0. The summed E-state index contributed by atoms with van der Waals surface area (Å²) in [5.74, 6) is -1.11. The molecule has 0 aliphatic carbocycles. The van der Waals surface area contributed by atoms with Gasteiger partial charge in [0.25, 0.3) is 0 Å². The van der Waals surface area contributed by atoms with E-state index in [4.69, 9.17) is 11.9 Å². The summed E-state index contributed by atoms with van der Waals surface area (Å²) in [6.07, 6.45) is -0.0941. The number of hydrogen-bond acceptors (Lipinski definition) is 4. The van der Waals surface area contributed by atoms with Crippen LogP contribution in [-0.4, -0.2) is 19.0 Å². The second-order valence-corrected chi connectivity index (χ2v) is 3.16. The Hall–Kier alpha value is -0.770. The van der Waals surface area contributed by atoms with E-state index in [1.54, 1.807) is 13.8 Å². The normalized spacial score (nSPS) is 10.7. The largest absolute Gasteiger partial charge is 0.469 e. The molecule has 70 valence electrons. The lowest BCUT2D eigenvalue weighted by Gasteiger charge is -2.18. The summed E-state index contributed by atoms with van der Waals surface area (Å²) in [4.78, 5) is 21.7. The van der Waals surface area contributed by atoms with Crippen molar-refractivity contribution in [3.63, 3.8) is 0 Å². The van der Waals surface area contributed by atoms with Crippen LogP contribution in [-0.2, 0) is 18.6 Å². The lowest BCUT2D eigenvalue weighted by Crippen LogP contribution is -2.28. The van der Waals surface area contributed by atoms with Crippen molar-refractivity contribution in [3.8, 4) is 0 Å². The first-order valence-electron chi connectivity index (χ1n) is 3.34. The van der Waals surface area contributed by atoms with Gasteiger partial charge in [0, 0.05) is 0 Å². The Kier molecular flexibility index (Phi) is 4.03. The molecule has 0 spiro atoms. The van der Waals surface area contributed by atoms with E-state index in [0.29, 0.717) is 0 Å². The SMILES string of the molecule is COC(=O)C(C)(C)CC(=O)OCl. The molecule has 0 aromatic rings. The van der Waals surface area contributed by atoms with Crippen LogP contribution in [0.15, 0.2) is 0 Å². The summed E-state index contributed by atoms with van der Waals surface area (Å²) >= 11 is 4.80. The van der Waals surface area contributed by atoms with Crippen LogP contribution in [0.25, 0.3) is 0 Å². The molecular formula is C7H11ClO4. The maximum Gasteiger partial charge on any atom is 0.325 e. The van der Waals surface area contributed by atoms with Crippen molar-refractivity contribution in [2.24, 2.45) is 5.41 Å². The molecule has 0 aliphatic rings. The molecule has 0 saturated carbocycles. The van der Waals surface area contributed by atoms with Crippen molar-refractivity contribution in [2.45, 2.75) is 20.3 Å². The molecule has 0 aromatic carbocycles. The maximum absolute atomic E-state index is 11.0. The van der Waals surface area contributed by atoms with Crippen LogP contribution in [0.2, 0.25) is 0 Å². The first kappa shape index (κ1) is 11.2. The van der Waals surface area contributed by atoms with Crippen LogP contribution in [0.3, 0.4) is 0 Å². The fraction of sp³-hybridized carbons (Fsp3) is 0.714. The Morgan fingerprint density at radius 2 is 1.92 bits per heavy atom. The molecule has 0 N–H and O–H groups in total. The van der Waals surface area contributed by atoms with Crippen molar-refractivity contribution in [3.05, 3.63) is 0 Å². The molecule has 0 aromatic heterocycles. The van der Waals surface area contributed by atoms with E-state index in [9.17, 15) is 9.59 Å². The number of rotatable bonds is 3. The minimum Gasteiger partial charge on any atom is -0.469 e. The first-order chi connectivity index (χ1) is 5.44. The van der Waals surface area contributed by atoms with E-state index in [0.717, 1.165) is 0 Å². The average molecular weight is 195 g/mol. The van der Waals surface area contributed by atoms with Gasteiger partial charge in [0.15, 0.2) is 0 Å². The molecule has 0 heterocycles. The standard InChI is InChI=1S/C7H11ClO4/c1-7(2,6(10)11-3)4-5(9)12-8/h4H2,1-3H3. The molecule has 4 nitrogen and oxygen atoms in total. The van der Waals surface area contributed by atoms with E-state index in [1.165, 1.54) is 7.11 Å². The van der Waals surface area contributed by atoms with Gasteiger partial charge < -0.3 is 9.03 Å². The fourth-order valence-corrected chi connectivity index (χ4v) is 0.791. The van der Waals surface area contributed by atoms with Gasteiger partial charge in [-0.2, -0.15) is 0 Å². The van der Waals surface area contributed by atoms with Crippen LogP contribution in [0.4, 0.5) is 0 Å². The van der Waals surface area contributed by atoms with E-state index < -0.39 is 17.4 Å². The highest BCUT2D eigenvalue weighted by Gasteiger charge is 2.32. The molecule has 12 heavy (non-hydrogen) atoms. The summed E-state index contributed by atoms with van der Waals surface area (Å²) in [6.45, 7) is 3.15. The molecule has 0 saturated heterocycles. The van der Waals surface area contributed by atoms with Crippen molar-refractivity contribution >= 4 is 23.8 Å². The smallest absolute Gasteiger partial charge is 0.325 e. The number of methoxy groups -OCH3 is 1. The highest BCUT2D eigenvalue weighted by Crippen LogP contribution is 2.22. The lowest BCUT2D eigenvalue weighted by atomic mass is 9.90. The molecule has 0 radical (unpaired) electrons. The zero-order valence-corrected chi connectivity index (χ0v) is 7.97. The average Bonchev–Trinajstić information content (AvgIpc) is 2.02. The highest BCUT2D eigenvalue weighted by molar-refractivity contribution is 6.13. The van der Waals surface area contributed by atoms with E-state index in [-0.39, 0.29) is 6.42 Å². The number of hydrogen-bond donors (Lipinski definition) is 0. The van der Waals surface area contributed by atoms with Gasteiger partial charge in [0.05, 0.1) is 18.9 Å². The van der Waals surface area contributed by atoms with Gasteiger partial charge in [0.1, 0.15) is 11.9 Å². The molecule has 0 amide bonds. The van der Waals surface area contributed by atoms with Gasteiger partial charge in [-0.1, -0.05) is 0 Å². The van der Waals surface area contributed by atoms with Crippen molar-refractivity contribution in [1.82, 2.24) is 0 Å². The van der Waals surface area contributed by atoms with Gasteiger partial charge in [-0.15, -0.1) is 0 Å².